The molecule has 0 fully saturated rings. The van der Waals surface area contributed by atoms with E-state index in [9.17, 15) is 8.42 Å². The fourth-order valence-electron chi connectivity index (χ4n) is 1.91. The molecule has 0 aromatic heterocycles. The minimum Gasteiger partial charge on any atom is -0.214 e. The highest BCUT2D eigenvalue weighted by Gasteiger charge is 2.26. The molecular weight excluding hydrogens is 224 g/mol. The Balaban J connectivity index is 1.94. The van der Waals surface area contributed by atoms with E-state index in [1.807, 2.05) is 18.2 Å². The summed E-state index contributed by atoms with van der Waals surface area (Å²) in [6.45, 7) is 0.390. The normalized spacial score (nSPS) is 18.3. The molecule has 16 heavy (non-hydrogen) atoms. The van der Waals surface area contributed by atoms with Gasteiger partial charge in [-0.2, -0.15) is 5.26 Å². The summed E-state index contributed by atoms with van der Waals surface area (Å²) in [5.41, 5.74) is 2.49. The van der Waals surface area contributed by atoms with Crippen molar-refractivity contribution in [1.82, 2.24) is 4.72 Å². The van der Waals surface area contributed by atoms with Gasteiger partial charge in [-0.05, 0) is 17.5 Å². The van der Waals surface area contributed by atoms with E-state index in [2.05, 4.69) is 10.8 Å². The topological polar surface area (TPSA) is 70.0 Å². The Morgan fingerprint density at radius 1 is 1.44 bits per heavy atom. The number of sulfonamides is 1. The largest absolute Gasteiger partial charge is 0.225 e. The molecule has 0 bridgehead atoms. The van der Waals surface area contributed by atoms with Crippen LogP contribution in [0.3, 0.4) is 0 Å². The molecule has 0 radical (unpaired) electrons. The number of nitrogens with one attached hydrogen (secondary N) is 1. The summed E-state index contributed by atoms with van der Waals surface area (Å²) in [4.78, 5) is 0. The van der Waals surface area contributed by atoms with E-state index >= 15 is 0 Å². The van der Waals surface area contributed by atoms with Crippen molar-refractivity contribution in [1.29, 1.82) is 5.26 Å². The van der Waals surface area contributed by atoms with Gasteiger partial charge in [0.25, 0.3) is 0 Å². The molecule has 1 aromatic rings. The van der Waals surface area contributed by atoms with Crippen molar-refractivity contribution in [2.75, 3.05) is 12.3 Å². The highest BCUT2D eigenvalue weighted by atomic mass is 32.2. The van der Waals surface area contributed by atoms with Crippen molar-refractivity contribution in [2.45, 2.75) is 12.3 Å². The fourth-order valence-corrected chi connectivity index (χ4v) is 2.64. The van der Waals surface area contributed by atoms with Crippen molar-refractivity contribution in [2.24, 2.45) is 0 Å². The van der Waals surface area contributed by atoms with Crippen molar-refractivity contribution in [3.63, 3.8) is 0 Å². The molecule has 1 unspecified atom stereocenters. The zero-order valence-corrected chi connectivity index (χ0v) is 9.50. The van der Waals surface area contributed by atoms with Crippen molar-refractivity contribution in [3.8, 4) is 6.07 Å². The summed E-state index contributed by atoms with van der Waals surface area (Å²) in [6.07, 6.45) is 0.908. The minimum atomic E-state index is -3.42. The Morgan fingerprint density at radius 2 is 2.19 bits per heavy atom. The molecule has 1 aliphatic rings. The third kappa shape index (κ3) is 2.23. The summed E-state index contributed by atoms with van der Waals surface area (Å²) in [5.74, 6) is -0.217. The number of nitrogens with zero attached hydrogens (tertiary/aromatic N) is 1. The molecule has 0 saturated heterocycles. The molecule has 1 atom stereocenters. The van der Waals surface area contributed by atoms with Crippen LogP contribution in [0.2, 0.25) is 0 Å². The fraction of sp³-hybridized carbons (Fsp3) is 0.364. The van der Waals surface area contributed by atoms with E-state index in [1.54, 1.807) is 6.07 Å². The van der Waals surface area contributed by atoms with Crippen LogP contribution in [0.5, 0.6) is 0 Å². The van der Waals surface area contributed by atoms with Crippen LogP contribution in [0, 0.1) is 11.3 Å². The predicted octanol–water partition coefficient (Wildman–Crippen LogP) is 0.769. The molecule has 1 aromatic carbocycles. The van der Waals surface area contributed by atoms with E-state index < -0.39 is 15.8 Å². The molecule has 2 rings (SSSR count). The number of rotatable bonds is 4. The summed E-state index contributed by atoms with van der Waals surface area (Å²) >= 11 is 0. The molecule has 0 saturated carbocycles. The lowest BCUT2D eigenvalue weighted by Gasteiger charge is -2.29. The van der Waals surface area contributed by atoms with Crippen LogP contribution in [0.15, 0.2) is 24.3 Å². The molecule has 4 nitrogen and oxygen atoms in total. The van der Waals surface area contributed by atoms with E-state index in [4.69, 9.17) is 5.26 Å². The Hall–Kier alpha value is -1.38. The van der Waals surface area contributed by atoms with Gasteiger partial charge in [-0.3, -0.25) is 0 Å². The van der Waals surface area contributed by atoms with Gasteiger partial charge in [-0.15, -0.1) is 0 Å². The molecule has 0 aliphatic heterocycles. The molecule has 5 heteroatoms. The molecule has 0 heterocycles. The first-order chi connectivity index (χ1) is 7.62. The lowest BCUT2D eigenvalue weighted by atomic mass is 9.78. The zero-order chi connectivity index (χ0) is 11.6. The van der Waals surface area contributed by atoms with Crippen molar-refractivity contribution >= 4 is 10.0 Å². The summed E-state index contributed by atoms with van der Waals surface area (Å²) in [6, 6.07) is 9.64. The average molecular weight is 236 g/mol. The van der Waals surface area contributed by atoms with Gasteiger partial charge in [-0.1, -0.05) is 24.3 Å². The lowest BCUT2D eigenvalue weighted by molar-refractivity contribution is 0.554. The minimum absolute atomic E-state index is 0.254. The second kappa shape index (κ2) is 4.24. The molecule has 0 spiro atoms. The van der Waals surface area contributed by atoms with Crippen LogP contribution >= 0.6 is 0 Å². The molecule has 84 valence electrons. The monoisotopic (exact) mass is 236 g/mol. The first-order valence-electron chi connectivity index (χ1n) is 5.04. The maximum Gasteiger partial charge on any atom is 0.225 e. The van der Waals surface area contributed by atoms with Crippen molar-refractivity contribution < 1.29 is 8.42 Å². The lowest BCUT2D eigenvalue weighted by Crippen LogP contribution is -2.34. The quantitative estimate of drug-likeness (QED) is 0.839. The Labute approximate surface area is 95.0 Å². The van der Waals surface area contributed by atoms with Gasteiger partial charge in [0.15, 0.2) is 5.75 Å². The highest BCUT2D eigenvalue weighted by Crippen LogP contribution is 2.34. The maximum absolute atomic E-state index is 11.3. The molecular formula is C11H12N2O2S. The predicted molar refractivity (Wildman–Crippen MR) is 60.3 cm³/mol. The van der Waals surface area contributed by atoms with Gasteiger partial charge in [0.05, 0.1) is 6.07 Å². The van der Waals surface area contributed by atoms with Crippen LogP contribution in [0.4, 0.5) is 0 Å². The zero-order valence-electron chi connectivity index (χ0n) is 8.68. The van der Waals surface area contributed by atoms with E-state index in [0.717, 1.165) is 6.42 Å². The number of benzene rings is 1. The first-order valence-corrected chi connectivity index (χ1v) is 6.70. The Morgan fingerprint density at radius 3 is 2.88 bits per heavy atom. The molecule has 0 amide bonds. The van der Waals surface area contributed by atoms with Gasteiger partial charge < -0.3 is 0 Å². The van der Waals surface area contributed by atoms with Gasteiger partial charge in [-0.25, -0.2) is 13.1 Å². The number of nitriles is 1. The molecule has 1 N–H and O–H groups in total. The SMILES string of the molecule is N#CCS(=O)(=O)NCC1Cc2ccccc21. The maximum atomic E-state index is 11.3. The van der Waals surface area contributed by atoms with Crippen LogP contribution in [0.25, 0.3) is 0 Å². The van der Waals surface area contributed by atoms with Crippen LogP contribution in [-0.4, -0.2) is 20.7 Å². The van der Waals surface area contributed by atoms with Crippen molar-refractivity contribution in [3.05, 3.63) is 35.4 Å². The molecule has 1 aliphatic carbocycles. The summed E-state index contributed by atoms with van der Waals surface area (Å²) in [5, 5.41) is 8.33. The first kappa shape index (κ1) is 11.1. The number of hydrogen-bond acceptors (Lipinski definition) is 3. The van der Waals surface area contributed by atoms with Crippen LogP contribution in [0.1, 0.15) is 17.0 Å². The summed E-state index contributed by atoms with van der Waals surface area (Å²) in [7, 11) is -3.42. The van der Waals surface area contributed by atoms with E-state index in [-0.39, 0.29) is 5.92 Å². The Kier molecular flexibility index (Phi) is 2.95. The van der Waals surface area contributed by atoms with E-state index in [0.29, 0.717) is 6.54 Å². The second-order valence-electron chi connectivity index (χ2n) is 3.87. The second-order valence-corrected chi connectivity index (χ2v) is 5.67. The number of hydrogen-bond donors (Lipinski definition) is 1. The third-order valence-electron chi connectivity index (χ3n) is 2.77. The van der Waals surface area contributed by atoms with Gasteiger partial charge in [0.2, 0.25) is 10.0 Å². The summed E-state index contributed by atoms with van der Waals surface area (Å²) < 4.78 is 25.0. The van der Waals surface area contributed by atoms with Crippen LogP contribution in [-0.2, 0) is 16.4 Å². The Bertz CT molecular complexity index is 531. The average Bonchev–Trinajstić information content (AvgIpc) is 2.19. The van der Waals surface area contributed by atoms with Gasteiger partial charge in [0, 0.05) is 12.5 Å². The number of fused-ring (bicyclic) bond motifs is 1. The smallest absolute Gasteiger partial charge is 0.214 e. The highest BCUT2D eigenvalue weighted by molar-refractivity contribution is 7.89. The standard InChI is InChI=1S/C11H12N2O2S/c12-5-6-16(14,15)13-8-10-7-9-3-1-2-4-11(9)10/h1-4,10,13H,6-8H2. The van der Waals surface area contributed by atoms with Gasteiger partial charge in [0.1, 0.15) is 0 Å². The van der Waals surface area contributed by atoms with Gasteiger partial charge >= 0.3 is 0 Å². The van der Waals surface area contributed by atoms with E-state index in [1.165, 1.54) is 11.1 Å². The van der Waals surface area contributed by atoms with Crippen LogP contribution < -0.4 is 4.72 Å². The third-order valence-corrected chi connectivity index (χ3v) is 3.88.